The fourth-order valence-corrected chi connectivity index (χ4v) is 6.91. The lowest BCUT2D eigenvalue weighted by Crippen LogP contribution is -2.50. The highest BCUT2D eigenvalue weighted by Gasteiger charge is 2.59. The molecular weight excluding hydrogens is 538 g/mol. The van der Waals surface area contributed by atoms with Crippen LogP contribution in [-0.4, -0.2) is 11.7 Å². The molecule has 5 nitrogen and oxygen atoms in total. The van der Waals surface area contributed by atoms with Crippen LogP contribution in [0.4, 0.5) is 17.1 Å². The molecule has 6 rings (SSSR count). The van der Waals surface area contributed by atoms with Gasteiger partial charge in [-0.1, -0.05) is 55.8 Å². The topological polar surface area (TPSA) is 61.4 Å². The third-order valence-electron chi connectivity index (χ3n) is 8.14. The van der Waals surface area contributed by atoms with Crippen molar-refractivity contribution in [2.45, 2.75) is 59.5 Å². The summed E-state index contributed by atoms with van der Waals surface area (Å²) in [6.07, 6.45) is 1.07. The van der Waals surface area contributed by atoms with Crippen LogP contribution < -0.4 is 15.5 Å². The maximum atomic E-state index is 14.9. The summed E-state index contributed by atoms with van der Waals surface area (Å²) >= 11 is 3.75. The molecule has 194 valence electrons. The first kappa shape index (κ1) is 24.9. The molecule has 3 aliphatic rings. The molecule has 0 aromatic heterocycles. The fraction of sp³-hybridized carbons (Fsp3) is 0.312. The van der Waals surface area contributed by atoms with Gasteiger partial charge in [0.1, 0.15) is 0 Å². The summed E-state index contributed by atoms with van der Waals surface area (Å²) in [7, 11) is 0. The first-order valence-corrected chi connectivity index (χ1v) is 13.9. The SMILES string of the molecule is Cc1cccc(CN2C(=O)C3(Nc4cc(C)c(C)cc4NC4=C3C(=O)CC(C)(C)C4)c3cccc(Br)c32)c1. The number of halogens is 1. The molecule has 0 fully saturated rings. The van der Waals surface area contributed by atoms with E-state index in [-0.39, 0.29) is 17.1 Å². The number of nitrogens with one attached hydrogen (secondary N) is 2. The lowest BCUT2D eigenvalue weighted by Gasteiger charge is -2.38. The minimum Gasteiger partial charge on any atom is -0.362 e. The van der Waals surface area contributed by atoms with Crippen molar-refractivity contribution in [3.05, 3.63) is 98.2 Å². The Kier molecular flexibility index (Phi) is 5.62. The predicted octanol–water partition coefficient (Wildman–Crippen LogP) is 7.30. The Morgan fingerprint density at radius 2 is 1.63 bits per heavy atom. The average Bonchev–Trinajstić information content (AvgIpc) is 2.96. The van der Waals surface area contributed by atoms with Gasteiger partial charge in [-0.3, -0.25) is 9.59 Å². The van der Waals surface area contributed by atoms with Crippen LogP contribution >= 0.6 is 15.9 Å². The largest absolute Gasteiger partial charge is 0.362 e. The van der Waals surface area contributed by atoms with Crippen molar-refractivity contribution < 1.29 is 9.59 Å². The highest BCUT2D eigenvalue weighted by molar-refractivity contribution is 9.10. The second-order valence-electron chi connectivity index (χ2n) is 11.8. The monoisotopic (exact) mass is 569 g/mol. The van der Waals surface area contributed by atoms with E-state index >= 15 is 0 Å². The number of ketones is 1. The second-order valence-corrected chi connectivity index (χ2v) is 12.6. The minimum atomic E-state index is -1.33. The molecule has 0 saturated carbocycles. The van der Waals surface area contributed by atoms with Crippen molar-refractivity contribution in [1.82, 2.24) is 0 Å². The molecule has 1 atom stereocenters. The Morgan fingerprint density at radius 1 is 0.921 bits per heavy atom. The van der Waals surface area contributed by atoms with Crippen molar-refractivity contribution in [3.63, 3.8) is 0 Å². The normalized spacial score (nSPS) is 21.5. The molecule has 2 aliphatic heterocycles. The predicted molar refractivity (Wildman–Crippen MR) is 156 cm³/mol. The van der Waals surface area contributed by atoms with Gasteiger partial charge >= 0.3 is 0 Å². The van der Waals surface area contributed by atoms with Crippen LogP contribution in [-0.2, 0) is 21.7 Å². The summed E-state index contributed by atoms with van der Waals surface area (Å²) in [5.41, 5.74) is 7.62. The first-order valence-electron chi connectivity index (χ1n) is 13.1. The number of fused-ring (bicyclic) bond motifs is 4. The number of carbonyl (C=O) groups excluding carboxylic acids is 2. The highest BCUT2D eigenvalue weighted by atomic mass is 79.9. The van der Waals surface area contributed by atoms with Gasteiger partial charge in [0, 0.05) is 22.2 Å². The Balaban J connectivity index is 1.63. The van der Waals surface area contributed by atoms with Crippen molar-refractivity contribution >= 4 is 44.7 Å². The number of anilines is 3. The van der Waals surface area contributed by atoms with Gasteiger partial charge in [0.05, 0.1) is 29.2 Å². The summed E-state index contributed by atoms with van der Waals surface area (Å²) in [6.45, 7) is 10.9. The Morgan fingerprint density at radius 3 is 2.37 bits per heavy atom. The molecular formula is C32H32BrN3O2. The van der Waals surface area contributed by atoms with Crippen molar-refractivity contribution in [3.8, 4) is 0 Å². The van der Waals surface area contributed by atoms with Crippen LogP contribution in [0.3, 0.4) is 0 Å². The quantitative estimate of drug-likeness (QED) is 0.340. The molecule has 38 heavy (non-hydrogen) atoms. The summed E-state index contributed by atoms with van der Waals surface area (Å²) in [6, 6.07) is 18.3. The number of carbonyl (C=O) groups is 2. The number of hydrogen-bond donors (Lipinski definition) is 2. The summed E-state index contributed by atoms with van der Waals surface area (Å²) < 4.78 is 0.831. The van der Waals surface area contributed by atoms with Crippen molar-refractivity contribution in [2.75, 3.05) is 15.5 Å². The smallest absolute Gasteiger partial charge is 0.262 e. The minimum absolute atomic E-state index is 0.00850. The second kappa shape index (κ2) is 8.57. The highest BCUT2D eigenvalue weighted by Crippen LogP contribution is 2.55. The van der Waals surface area contributed by atoms with E-state index in [1.165, 1.54) is 0 Å². The number of allylic oxidation sites excluding steroid dienone is 1. The van der Waals surface area contributed by atoms with Crippen molar-refractivity contribution in [2.24, 2.45) is 5.41 Å². The molecule has 1 aliphatic carbocycles. The number of aryl methyl sites for hydroxylation is 3. The summed E-state index contributed by atoms with van der Waals surface area (Å²) in [5, 5.41) is 7.29. The van der Waals surface area contributed by atoms with E-state index in [9.17, 15) is 9.59 Å². The number of Topliss-reactive ketones (excluding diaryl/α,β-unsaturated/α-hetero) is 1. The molecule has 1 unspecified atom stereocenters. The van der Waals surface area contributed by atoms with E-state index in [1.54, 1.807) is 0 Å². The zero-order valence-corrected chi connectivity index (χ0v) is 24.0. The molecule has 0 saturated heterocycles. The van der Waals surface area contributed by atoms with Gasteiger partial charge in [-0.15, -0.1) is 0 Å². The molecule has 6 heteroatoms. The van der Waals surface area contributed by atoms with Crippen LogP contribution in [0, 0.1) is 26.2 Å². The number of amides is 1. The maximum Gasteiger partial charge on any atom is 0.262 e. The average molecular weight is 571 g/mol. The maximum absolute atomic E-state index is 14.9. The van der Waals surface area contributed by atoms with E-state index in [4.69, 9.17) is 0 Å². The van der Waals surface area contributed by atoms with Gasteiger partial charge in [-0.25, -0.2) is 0 Å². The third kappa shape index (κ3) is 3.72. The lowest BCUT2D eigenvalue weighted by molar-refractivity contribution is -0.125. The molecule has 1 spiro atoms. The van der Waals surface area contributed by atoms with Crippen LogP contribution in [0.5, 0.6) is 0 Å². The molecule has 0 bridgehead atoms. The summed E-state index contributed by atoms with van der Waals surface area (Å²) in [5.74, 6) is -0.122. The van der Waals surface area contributed by atoms with E-state index in [0.29, 0.717) is 25.0 Å². The molecule has 0 radical (unpaired) electrons. The molecule has 3 aromatic carbocycles. The van der Waals surface area contributed by atoms with Crippen LogP contribution in [0.2, 0.25) is 0 Å². The molecule has 2 heterocycles. The Bertz CT molecular complexity index is 1570. The molecule has 3 aromatic rings. The van der Waals surface area contributed by atoms with Gasteiger partial charge in [-0.05, 0) is 83.4 Å². The Hall–Kier alpha value is -3.38. The van der Waals surface area contributed by atoms with Gasteiger partial charge in [0.2, 0.25) is 0 Å². The zero-order chi connectivity index (χ0) is 27.0. The number of nitrogens with zero attached hydrogens (tertiary/aromatic N) is 1. The number of benzene rings is 3. The fourth-order valence-electron chi connectivity index (χ4n) is 6.33. The van der Waals surface area contributed by atoms with E-state index in [1.807, 2.05) is 35.2 Å². The van der Waals surface area contributed by atoms with E-state index < -0.39 is 5.54 Å². The standard InChI is InChI=1S/C32H32BrN3O2/c1-18-8-6-9-21(12-18)17-36-29-22(10-7-11-23(29)33)32(30(36)38)28-26(15-31(4,5)16-27(28)37)34-24-13-19(2)20(3)14-25(24)35-32/h6-14,34-35H,15-17H2,1-5H3. The first-order chi connectivity index (χ1) is 18.0. The third-order valence-corrected chi connectivity index (χ3v) is 8.78. The van der Waals surface area contributed by atoms with Crippen LogP contribution in [0.1, 0.15) is 54.5 Å². The zero-order valence-electron chi connectivity index (χ0n) is 22.5. The van der Waals surface area contributed by atoms with E-state index in [0.717, 1.165) is 55.0 Å². The molecule has 1 amide bonds. The number of hydrogen-bond acceptors (Lipinski definition) is 4. The van der Waals surface area contributed by atoms with Crippen LogP contribution in [0.15, 0.2) is 70.3 Å². The molecule has 2 N–H and O–H groups in total. The van der Waals surface area contributed by atoms with Gasteiger partial charge in [0.25, 0.3) is 5.91 Å². The van der Waals surface area contributed by atoms with Gasteiger partial charge in [0.15, 0.2) is 11.3 Å². The number of para-hydroxylation sites is 1. The van der Waals surface area contributed by atoms with Crippen molar-refractivity contribution in [1.29, 1.82) is 0 Å². The lowest BCUT2D eigenvalue weighted by atomic mass is 9.69. The number of rotatable bonds is 2. The Labute approximate surface area is 232 Å². The summed E-state index contributed by atoms with van der Waals surface area (Å²) in [4.78, 5) is 30.8. The van der Waals surface area contributed by atoms with Gasteiger partial charge in [-0.2, -0.15) is 0 Å². The van der Waals surface area contributed by atoms with Gasteiger partial charge < -0.3 is 15.5 Å². The van der Waals surface area contributed by atoms with E-state index in [2.05, 4.69) is 85.4 Å². The van der Waals surface area contributed by atoms with Crippen LogP contribution in [0.25, 0.3) is 0 Å².